The number of aryl methyl sites for hydroxylation is 2. The number of hydrogen-bond donors (Lipinski definition) is 1. The summed E-state index contributed by atoms with van der Waals surface area (Å²) in [4.78, 5) is 0. The summed E-state index contributed by atoms with van der Waals surface area (Å²) in [5, 5.41) is 8.31. The van der Waals surface area contributed by atoms with Crippen molar-refractivity contribution >= 4 is 28.9 Å². The van der Waals surface area contributed by atoms with Crippen LogP contribution in [0.25, 0.3) is 0 Å². The van der Waals surface area contributed by atoms with Crippen LogP contribution < -0.4 is 5.32 Å². The molecule has 19 heavy (non-hydrogen) atoms. The van der Waals surface area contributed by atoms with E-state index < -0.39 is 0 Å². The van der Waals surface area contributed by atoms with E-state index in [1.54, 1.807) is 16.8 Å². The van der Waals surface area contributed by atoms with E-state index in [4.69, 9.17) is 23.2 Å². The lowest BCUT2D eigenvalue weighted by Crippen LogP contribution is -2.07. The van der Waals surface area contributed by atoms with Crippen molar-refractivity contribution < 1.29 is 4.39 Å². The molecule has 0 saturated heterocycles. The Bertz CT molecular complexity index is 596. The van der Waals surface area contributed by atoms with Gasteiger partial charge in [-0.3, -0.25) is 4.68 Å². The average molecular weight is 302 g/mol. The van der Waals surface area contributed by atoms with Gasteiger partial charge in [0.1, 0.15) is 5.82 Å². The van der Waals surface area contributed by atoms with Gasteiger partial charge in [0.15, 0.2) is 0 Å². The maximum Gasteiger partial charge on any atom is 0.147 e. The zero-order chi connectivity index (χ0) is 14.0. The molecule has 0 bridgehead atoms. The number of aromatic nitrogens is 2. The highest BCUT2D eigenvalue weighted by Crippen LogP contribution is 2.23. The van der Waals surface area contributed by atoms with Crippen molar-refractivity contribution in [1.82, 2.24) is 9.78 Å². The summed E-state index contributed by atoms with van der Waals surface area (Å²) in [7, 11) is 1.82. The fraction of sp³-hybridized carbons (Fsp3) is 0.308. The van der Waals surface area contributed by atoms with Gasteiger partial charge in [-0.25, -0.2) is 4.39 Å². The Balaban J connectivity index is 2.16. The lowest BCUT2D eigenvalue weighted by molar-refractivity contribution is 0.629. The molecule has 2 aromatic rings. The average Bonchev–Trinajstić information content (AvgIpc) is 2.64. The second-order valence-electron chi connectivity index (χ2n) is 4.16. The van der Waals surface area contributed by atoms with Crippen LogP contribution in [-0.4, -0.2) is 9.78 Å². The first-order chi connectivity index (χ1) is 9.02. The Hall–Kier alpha value is -1.26. The van der Waals surface area contributed by atoms with Gasteiger partial charge in [0.2, 0.25) is 0 Å². The third kappa shape index (κ3) is 3.01. The normalized spacial score (nSPS) is 10.8. The van der Waals surface area contributed by atoms with Gasteiger partial charge in [-0.1, -0.05) is 30.1 Å². The minimum Gasteiger partial charge on any atom is -0.377 e. The van der Waals surface area contributed by atoms with Crippen molar-refractivity contribution in [3.8, 4) is 0 Å². The van der Waals surface area contributed by atoms with Crippen LogP contribution in [0.15, 0.2) is 18.2 Å². The number of benzene rings is 1. The van der Waals surface area contributed by atoms with Crippen LogP contribution in [0, 0.1) is 5.82 Å². The summed E-state index contributed by atoms with van der Waals surface area (Å²) < 4.78 is 15.3. The summed E-state index contributed by atoms with van der Waals surface area (Å²) in [6, 6.07) is 4.50. The maximum atomic E-state index is 13.6. The lowest BCUT2D eigenvalue weighted by atomic mass is 10.2. The molecule has 0 radical (unpaired) electrons. The predicted molar refractivity (Wildman–Crippen MR) is 76.3 cm³/mol. The molecule has 102 valence electrons. The number of nitrogens with one attached hydrogen (secondary N) is 1. The summed E-state index contributed by atoms with van der Waals surface area (Å²) in [6.45, 7) is 2.39. The van der Waals surface area contributed by atoms with Crippen molar-refractivity contribution in [3.05, 3.63) is 45.4 Å². The number of anilines is 1. The van der Waals surface area contributed by atoms with Crippen molar-refractivity contribution in [1.29, 1.82) is 0 Å². The van der Waals surface area contributed by atoms with Crippen LogP contribution >= 0.6 is 23.2 Å². The first-order valence-electron chi connectivity index (χ1n) is 5.92. The largest absolute Gasteiger partial charge is 0.377 e. The minimum atomic E-state index is -0.387. The summed E-state index contributed by atoms with van der Waals surface area (Å²) in [5.74, 6) is -0.387. The van der Waals surface area contributed by atoms with Gasteiger partial charge >= 0.3 is 0 Å². The van der Waals surface area contributed by atoms with Crippen LogP contribution in [-0.2, 0) is 20.0 Å². The Morgan fingerprint density at radius 3 is 2.68 bits per heavy atom. The first-order valence-corrected chi connectivity index (χ1v) is 6.67. The molecule has 1 heterocycles. The molecule has 0 spiro atoms. The molecule has 1 aromatic carbocycles. The molecular weight excluding hydrogens is 288 g/mol. The smallest absolute Gasteiger partial charge is 0.147 e. The molecule has 0 amide bonds. The fourth-order valence-electron chi connectivity index (χ4n) is 1.82. The topological polar surface area (TPSA) is 29.9 Å². The van der Waals surface area contributed by atoms with E-state index in [2.05, 4.69) is 10.4 Å². The molecular formula is C13H14Cl2FN3. The van der Waals surface area contributed by atoms with Gasteiger partial charge in [-0.05, 0) is 24.6 Å². The van der Waals surface area contributed by atoms with Crippen LogP contribution in [0.4, 0.5) is 10.1 Å². The Kier molecular flexibility index (Phi) is 4.32. The Morgan fingerprint density at radius 1 is 1.37 bits per heavy atom. The minimum absolute atomic E-state index is 0.370. The quantitative estimate of drug-likeness (QED) is 0.923. The highest BCUT2D eigenvalue weighted by molar-refractivity contribution is 6.32. The Morgan fingerprint density at radius 2 is 2.11 bits per heavy atom. The third-order valence-corrected chi connectivity index (χ3v) is 3.55. The number of rotatable bonds is 4. The van der Waals surface area contributed by atoms with Crippen LogP contribution in [0.3, 0.4) is 0 Å². The highest BCUT2D eigenvalue weighted by Gasteiger charge is 2.13. The van der Waals surface area contributed by atoms with E-state index in [1.165, 1.54) is 6.07 Å². The summed E-state index contributed by atoms with van der Waals surface area (Å²) >= 11 is 11.9. The number of hydrogen-bond acceptors (Lipinski definition) is 2. The van der Waals surface area contributed by atoms with Gasteiger partial charge in [0, 0.05) is 12.1 Å². The molecule has 3 nitrogen and oxygen atoms in total. The van der Waals surface area contributed by atoms with Gasteiger partial charge in [0.05, 0.1) is 28.6 Å². The fourth-order valence-corrected chi connectivity index (χ4v) is 2.34. The standard InChI is InChI=1S/C13H14Cl2FN3/c1-3-10-13(15)12(19(2)18-10)7-17-11-5-4-8(14)6-9(11)16/h4-6,17H,3,7H2,1-2H3. The molecule has 2 rings (SSSR count). The van der Waals surface area contributed by atoms with Crippen molar-refractivity contribution in [2.24, 2.45) is 7.05 Å². The van der Waals surface area contributed by atoms with E-state index in [0.29, 0.717) is 22.3 Å². The lowest BCUT2D eigenvalue weighted by Gasteiger charge is -2.08. The first kappa shape index (κ1) is 14.2. The molecule has 0 unspecified atom stereocenters. The Labute approximate surface area is 121 Å². The monoisotopic (exact) mass is 301 g/mol. The van der Waals surface area contributed by atoms with Crippen LogP contribution in [0.5, 0.6) is 0 Å². The van der Waals surface area contributed by atoms with Crippen molar-refractivity contribution in [2.75, 3.05) is 5.32 Å². The predicted octanol–water partition coefficient (Wildman–Crippen LogP) is 4.04. The molecule has 0 fully saturated rings. The molecule has 0 aliphatic heterocycles. The molecule has 6 heteroatoms. The highest BCUT2D eigenvalue weighted by atomic mass is 35.5. The molecule has 1 aromatic heterocycles. The molecule has 0 saturated carbocycles. The molecule has 1 N–H and O–H groups in total. The molecule has 0 aliphatic rings. The molecule has 0 aliphatic carbocycles. The molecule has 0 atom stereocenters. The van der Waals surface area contributed by atoms with Crippen molar-refractivity contribution in [2.45, 2.75) is 19.9 Å². The van der Waals surface area contributed by atoms with E-state index in [9.17, 15) is 4.39 Å². The van der Waals surface area contributed by atoms with Crippen LogP contribution in [0.2, 0.25) is 10.0 Å². The van der Waals surface area contributed by atoms with E-state index >= 15 is 0 Å². The van der Waals surface area contributed by atoms with Gasteiger partial charge in [-0.15, -0.1) is 0 Å². The SMILES string of the molecule is CCc1nn(C)c(CNc2ccc(Cl)cc2F)c1Cl. The second-order valence-corrected chi connectivity index (χ2v) is 4.98. The zero-order valence-corrected chi connectivity index (χ0v) is 12.2. The van der Waals surface area contributed by atoms with Gasteiger partial charge < -0.3 is 5.32 Å². The number of nitrogens with zero attached hydrogens (tertiary/aromatic N) is 2. The zero-order valence-electron chi connectivity index (χ0n) is 10.7. The van der Waals surface area contributed by atoms with E-state index in [0.717, 1.165) is 17.8 Å². The number of halogens is 3. The van der Waals surface area contributed by atoms with E-state index in [1.807, 2.05) is 14.0 Å². The van der Waals surface area contributed by atoms with Gasteiger partial charge in [-0.2, -0.15) is 5.10 Å². The maximum absolute atomic E-state index is 13.6. The third-order valence-electron chi connectivity index (χ3n) is 2.88. The van der Waals surface area contributed by atoms with E-state index in [-0.39, 0.29) is 5.82 Å². The van der Waals surface area contributed by atoms with Crippen molar-refractivity contribution in [3.63, 3.8) is 0 Å². The summed E-state index contributed by atoms with van der Waals surface area (Å²) in [5.41, 5.74) is 2.06. The van der Waals surface area contributed by atoms with Gasteiger partial charge in [0.25, 0.3) is 0 Å². The summed E-state index contributed by atoms with van der Waals surface area (Å²) in [6.07, 6.45) is 0.766. The van der Waals surface area contributed by atoms with Crippen LogP contribution in [0.1, 0.15) is 18.3 Å². The second kappa shape index (κ2) is 5.80.